The van der Waals surface area contributed by atoms with E-state index >= 15 is 0 Å². The number of para-hydroxylation sites is 1. The highest BCUT2D eigenvalue weighted by Crippen LogP contribution is 2.22. The van der Waals surface area contributed by atoms with Crippen LogP contribution in [0.2, 0.25) is 0 Å². The van der Waals surface area contributed by atoms with Crippen molar-refractivity contribution in [3.8, 4) is 5.75 Å². The summed E-state index contributed by atoms with van der Waals surface area (Å²) >= 11 is 0. The highest BCUT2D eigenvalue weighted by molar-refractivity contribution is 5.35. The van der Waals surface area contributed by atoms with Crippen molar-refractivity contribution in [2.24, 2.45) is 5.73 Å². The monoisotopic (exact) mass is 258 g/mol. The second-order valence-electron chi connectivity index (χ2n) is 4.41. The number of hydrogen-bond acceptors (Lipinski definition) is 3. The van der Waals surface area contributed by atoms with Crippen LogP contribution in [0.15, 0.2) is 53.5 Å². The molecule has 0 spiro atoms. The average Bonchev–Trinajstić information content (AvgIpc) is 2.41. The summed E-state index contributed by atoms with van der Waals surface area (Å²) in [7, 11) is 0. The molecule has 2 aromatic rings. The largest absolute Gasteiger partial charge is 0.491 e. The van der Waals surface area contributed by atoms with E-state index in [0.29, 0.717) is 13.2 Å². The fourth-order valence-corrected chi connectivity index (χ4v) is 1.89. The van der Waals surface area contributed by atoms with Crippen molar-refractivity contribution in [3.05, 3.63) is 64.6 Å². The van der Waals surface area contributed by atoms with Crippen LogP contribution in [0, 0.1) is 0 Å². The standard InChI is InChI=1S/C15H18N2O2/c1-12(16)13-6-2-3-7-14(13)19-11-10-17-9-5-4-8-15(17)18/h2-9,12H,10-11,16H2,1H3. The molecule has 2 N–H and O–H groups in total. The van der Waals surface area contributed by atoms with Gasteiger partial charge in [0, 0.05) is 23.9 Å². The van der Waals surface area contributed by atoms with Crippen molar-refractivity contribution in [2.75, 3.05) is 6.61 Å². The Balaban J connectivity index is 2.00. The van der Waals surface area contributed by atoms with Gasteiger partial charge in [0.05, 0.1) is 6.54 Å². The molecule has 0 saturated heterocycles. The maximum Gasteiger partial charge on any atom is 0.250 e. The van der Waals surface area contributed by atoms with Gasteiger partial charge in [0.15, 0.2) is 0 Å². The third-order valence-corrected chi connectivity index (χ3v) is 2.90. The summed E-state index contributed by atoms with van der Waals surface area (Å²) < 4.78 is 7.34. The molecule has 4 nitrogen and oxygen atoms in total. The maximum atomic E-state index is 11.5. The van der Waals surface area contributed by atoms with Crippen LogP contribution in [0.4, 0.5) is 0 Å². The molecule has 1 heterocycles. The molecule has 1 aromatic heterocycles. The summed E-state index contributed by atoms with van der Waals surface area (Å²) in [4.78, 5) is 11.5. The van der Waals surface area contributed by atoms with Gasteiger partial charge in [-0.1, -0.05) is 24.3 Å². The Morgan fingerprint density at radius 2 is 1.95 bits per heavy atom. The van der Waals surface area contributed by atoms with E-state index in [1.165, 1.54) is 6.07 Å². The summed E-state index contributed by atoms with van der Waals surface area (Å²) in [6, 6.07) is 12.7. The summed E-state index contributed by atoms with van der Waals surface area (Å²) in [6.45, 7) is 2.88. The van der Waals surface area contributed by atoms with Crippen LogP contribution in [0.5, 0.6) is 5.75 Å². The minimum absolute atomic E-state index is 0.0217. The number of benzene rings is 1. The fourth-order valence-electron chi connectivity index (χ4n) is 1.89. The van der Waals surface area contributed by atoms with Crippen molar-refractivity contribution in [2.45, 2.75) is 19.5 Å². The Bertz CT molecular complexity index is 590. The number of hydrogen-bond donors (Lipinski definition) is 1. The van der Waals surface area contributed by atoms with Crippen LogP contribution in [0.3, 0.4) is 0 Å². The number of ether oxygens (including phenoxy) is 1. The van der Waals surface area contributed by atoms with E-state index in [4.69, 9.17) is 10.5 Å². The van der Waals surface area contributed by atoms with Gasteiger partial charge in [-0.05, 0) is 19.1 Å². The zero-order chi connectivity index (χ0) is 13.7. The van der Waals surface area contributed by atoms with Gasteiger partial charge in [-0.15, -0.1) is 0 Å². The minimum Gasteiger partial charge on any atom is -0.491 e. The minimum atomic E-state index is -0.0735. The van der Waals surface area contributed by atoms with E-state index < -0.39 is 0 Å². The zero-order valence-electron chi connectivity index (χ0n) is 11.0. The van der Waals surface area contributed by atoms with Gasteiger partial charge in [-0.2, -0.15) is 0 Å². The first-order valence-corrected chi connectivity index (χ1v) is 6.31. The third kappa shape index (κ3) is 3.45. The Kier molecular flexibility index (Phi) is 4.36. The van der Waals surface area contributed by atoms with Gasteiger partial charge < -0.3 is 15.0 Å². The molecule has 0 bridgehead atoms. The molecule has 4 heteroatoms. The Labute approximate surface area is 112 Å². The molecule has 1 atom stereocenters. The van der Waals surface area contributed by atoms with Gasteiger partial charge in [0.25, 0.3) is 5.56 Å². The first-order chi connectivity index (χ1) is 9.18. The van der Waals surface area contributed by atoms with Gasteiger partial charge in [-0.3, -0.25) is 4.79 Å². The number of aromatic nitrogens is 1. The summed E-state index contributed by atoms with van der Waals surface area (Å²) in [6.07, 6.45) is 1.75. The zero-order valence-corrected chi connectivity index (χ0v) is 11.0. The van der Waals surface area contributed by atoms with Gasteiger partial charge in [0.2, 0.25) is 0 Å². The van der Waals surface area contributed by atoms with Crippen LogP contribution in [-0.4, -0.2) is 11.2 Å². The second-order valence-corrected chi connectivity index (χ2v) is 4.41. The SMILES string of the molecule is CC(N)c1ccccc1OCCn1ccccc1=O. The molecule has 0 aliphatic carbocycles. The molecule has 0 amide bonds. The molecule has 100 valence electrons. The highest BCUT2D eigenvalue weighted by atomic mass is 16.5. The van der Waals surface area contributed by atoms with Crippen LogP contribution >= 0.6 is 0 Å². The first-order valence-electron chi connectivity index (χ1n) is 6.31. The molecule has 1 aromatic carbocycles. The van der Waals surface area contributed by atoms with Gasteiger partial charge >= 0.3 is 0 Å². The number of nitrogens with two attached hydrogens (primary N) is 1. The molecule has 2 rings (SSSR count). The lowest BCUT2D eigenvalue weighted by Gasteiger charge is -2.14. The van der Waals surface area contributed by atoms with Crippen LogP contribution < -0.4 is 16.0 Å². The summed E-state index contributed by atoms with van der Waals surface area (Å²) in [5.74, 6) is 0.779. The molecular weight excluding hydrogens is 240 g/mol. The predicted octanol–water partition coefficient (Wildman–Crippen LogP) is 1.95. The lowest BCUT2D eigenvalue weighted by Crippen LogP contribution is -2.21. The first kappa shape index (κ1) is 13.4. The molecule has 0 radical (unpaired) electrons. The molecule has 19 heavy (non-hydrogen) atoms. The normalized spacial score (nSPS) is 12.1. The lowest BCUT2D eigenvalue weighted by molar-refractivity contribution is 0.292. The van der Waals surface area contributed by atoms with Crippen LogP contribution in [0.25, 0.3) is 0 Å². The maximum absolute atomic E-state index is 11.5. The third-order valence-electron chi connectivity index (χ3n) is 2.90. The number of pyridine rings is 1. The quantitative estimate of drug-likeness (QED) is 0.891. The average molecular weight is 258 g/mol. The van der Waals surface area contributed by atoms with Crippen molar-refractivity contribution in [1.82, 2.24) is 4.57 Å². The van der Waals surface area contributed by atoms with Crippen LogP contribution in [-0.2, 0) is 6.54 Å². The van der Waals surface area contributed by atoms with Gasteiger partial charge in [-0.25, -0.2) is 0 Å². The molecule has 0 aliphatic heterocycles. The summed E-state index contributed by atoms with van der Waals surface area (Å²) in [5.41, 5.74) is 6.84. The Hall–Kier alpha value is -2.07. The van der Waals surface area contributed by atoms with Crippen molar-refractivity contribution >= 4 is 0 Å². The van der Waals surface area contributed by atoms with E-state index in [0.717, 1.165) is 11.3 Å². The van der Waals surface area contributed by atoms with E-state index in [9.17, 15) is 4.79 Å². The number of nitrogens with zero attached hydrogens (tertiary/aromatic N) is 1. The smallest absolute Gasteiger partial charge is 0.250 e. The predicted molar refractivity (Wildman–Crippen MR) is 75.2 cm³/mol. The molecule has 0 fully saturated rings. The molecule has 1 unspecified atom stereocenters. The Morgan fingerprint density at radius 1 is 1.21 bits per heavy atom. The highest BCUT2D eigenvalue weighted by Gasteiger charge is 2.06. The Morgan fingerprint density at radius 3 is 2.68 bits per heavy atom. The van der Waals surface area contributed by atoms with Crippen molar-refractivity contribution < 1.29 is 4.74 Å². The van der Waals surface area contributed by atoms with E-state index in [-0.39, 0.29) is 11.6 Å². The summed E-state index contributed by atoms with van der Waals surface area (Å²) in [5, 5.41) is 0. The van der Waals surface area contributed by atoms with Crippen molar-refractivity contribution in [1.29, 1.82) is 0 Å². The molecule has 0 aliphatic rings. The van der Waals surface area contributed by atoms with Crippen LogP contribution in [0.1, 0.15) is 18.5 Å². The number of rotatable bonds is 5. The fraction of sp³-hybridized carbons (Fsp3) is 0.267. The van der Waals surface area contributed by atoms with Crippen molar-refractivity contribution in [3.63, 3.8) is 0 Å². The van der Waals surface area contributed by atoms with Gasteiger partial charge in [0.1, 0.15) is 12.4 Å². The molecular formula is C15H18N2O2. The van der Waals surface area contributed by atoms with E-state index in [1.54, 1.807) is 16.8 Å². The van der Waals surface area contributed by atoms with E-state index in [2.05, 4.69) is 0 Å². The lowest BCUT2D eigenvalue weighted by atomic mass is 10.1. The van der Waals surface area contributed by atoms with E-state index in [1.807, 2.05) is 37.3 Å². The topological polar surface area (TPSA) is 57.2 Å². The molecule has 0 saturated carbocycles. The second kappa shape index (κ2) is 6.20.